The van der Waals surface area contributed by atoms with Crippen LogP contribution in [0.4, 0.5) is 22.7 Å². The molecular weight excluding hydrogens is 663 g/mol. The number of nitrogens with two attached hydrogens (primary N) is 1. The predicted molar refractivity (Wildman–Crippen MR) is 171 cm³/mol. The van der Waals surface area contributed by atoms with E-state index >= 15 is 0 Å². The third-order valence-corrected chi connectivity index (χ3v) is 9.49. The molecule has 0 bridgehead atoms. The first-order valence-electron chi connectivity index (χ1n) is 13.1. The first-order chi connectivity index (χ1) is 21.3. The molecule has 0 spiro atoms. The Morgan fingerprint density at radius 1 is 0.804 bits per heavy atom. The van der Waals surface area contributed by atoms with E-state index in [2.05, 4.69) is 24.6 Å². The molecule has 4 rings (SSSR count). The van der Waals surface area contributed by atoms with Gasteiger partial charge < -0.3 is 10.8 Å². The quantitative estimate of drug-likeness (QED) is 0.0939. The van der Waals surface area contributed by atoms with Crippen molar-refractivity contribution in [1.29, 1.82) is 0 Å². The van der Waals surface area contributed by atoms with Crippen LogP contribution >= 0.6 is 0 Å². The van der Waals surface area contributed by atoms with Crippen molar-refractivity contribution in [2.75, 3.05) is 25.1 Å². The number of hydrogen-bond acceptors (Lipinski definition) is 13. The van der Waals surface area contributed by atoms with Crippen molar-refractivity contribution in [1.82, 2.24) is 0 Å². The van der Waals surface area contributed by atoms with Crippen LogP contribution in [0.2, 0.25) is 0 Å². The highest BCUT2D eigenvalue weighted by atomic mass is 32.3. The first-order valence-corrected chi connectivity index (χ1v) is 17.6. The molecular formula is C28H31N5O10S3. The van der Waals surface area contributed by atoms with Gasteiger partial charge in [0.15, 0.2) is 9.84 Å². The summed E-state index contributed by atoms with van der Waals surface area (Å²) in [5.74, 6) is -0.921. The third kappa shape index (κ3) is 9.35. The number of aryl methyl sites for hydroxylation is 2. The maximum atomic E-state index is 12.3. The van der Waals surface area contributed by atoms with Gasteiger partial charge in [-0.25, -0.2) is 12.6 Å². The summed E-state index contributed by atoms with van der Waals surface area (Å²) >= 11 is 0. The van der Waals surface area contributed by atoms with E-state index in [-0.39, 0.29) is 32.8 Å². The number of benzene rings is 4. The summed E-state index contributed by atoms with van der Waals surface area (Å²) < 4.78 is 91.9. The van der Waals surface area contributed by atoms with Gasteiger partial charge in [0, 0.05) is 12.4 Å². The standard InChI is InChI=1S/C20H21N3O10S3.C8H10N2/c1-11-9-13-10-16(35(27,28)29)19(18(21)17(13)20(24)12(11)2)23-22-14-3-5-15(6-4-14)34(25,26)8-7-33-36(30,31)32;1-7-3-5-8(6-4-7)10-9-2/h3-6,9-10,24H,7-8,21H2,1-2H3,(H,27,28,29)(H,30,31,32);3-6H,1-2H3. The van der Waals surface area contributed by atoms with Crippen molar-refractivity contribution in [3.8, 4) is 5.75 Å². The summed E-state index contributed by atoms with van der Waals surface area (Å²) in [6, 6.07) is 15.4. The van der Waals surface area contributed by atoms with Crippen LogP contribution < -0.4 is 5.73 Å². The van der Waals surface area contributed by atoms with Crippen molar-refractivity contribution >= 4 is 63.9 Å². The van der Waals surface area contributed by atoms with E-state index in [0.29, 0.717) is 11.1 Å². The van der Waals surface area contributed by atoms with Crippen LogP contribution in [0.25, 0.3) is 10.8 Å². The molecule has 46 heavy (non-hydrogen) atoms. The third-order valence-electron chi connectivity index (χ3n) is 6.46. The molecule has 0 unspecified atom stereocenters. The minimum atomic E-state index is -4.80. The largest absolute Gasteiger partial charge is 0.507 e. The summed E-state index contributed by atoms with van der Waals surface area (Å²) in [7, 11) is -11.9. The Balaban J connectivity index is 0.000000489. The molecule has 0 amide bonds. The maximum Gasteiger partial charge on any atom is 0.397 e. The second-order valence-corrected chi connectivity index (χ2v) is 14.4. The van der Waals surface area contributed by atoms with Crippen LogP contribution in [-0.4, -0.2) is 58.9 Å². The Hall–Kier alpha value is -4.33. The minimum absolute atomic E-state index is 0.0771. The number of phenols is 1. The fourth-order valence-electron chi connectivity index (χ4n) is 4.00. The Kier molecular flexibility index (Phi) is 11.3. The summed E-state index contributed by atoms with van der Waals surface area (Å²) in [5, 5.41) is 26.2. The number of hydrogen-bond donors (Lipinski definition) is 4. The van der Waals surface area contributed by atoms with Crippen molar-refractivity contribution in [2.24, 2.45) is 20.5 Å². The van der Waals surface area contributed by atoms with Crippen LogP contribution in [-0.2, 0) is 34.5 Å². The Morgan fingerprint density at radius 3 is 1.91 bits per heavy atom. The number of sulfone groups is 1. The summed E-state index contributed by atoms with van der Waals surface area (Å²) in [5.41, 5.74) is 8.85. The number of anilines is 1. The summed E-state index contributed by atoms with van der Waals surface area (Å²) in [6.45, 7) is 4.60. The molecule has 0 aliphatic carbocycles. The van der Waals surface area contributed by atoms with E-state index in [4.69, 9.17) is 10.3 Å². The lowest BCUT2D eigenvalue weighted by Crippen LogP contribution is -2.15. The molecule has 0 atom stereocenters. The zero-order valence-corrected chi connectivity index (χ0v) is 27.4. The van der Waals surface area contributed by atoms with Crippen molar-refractivity contribution < 1.29 is 43.6 Å². The fraction of sp³-hybridized carbons (Fsp3) is 0.214. The molecule has 0 aromatic heterocycles. The Labute approximate surface area is 266 Å². The first kappa shape index (κ1) is 36.1. The van der Waals surface area contributed by atoms with Crippen LogP contribution in [0, 0.1) is 20.8 Å². The highest BCUT2D eigenvalue weighted by Crippen LogP contribution is 2.43. The molecule has 246 valence electrons. The zero-order chi connectivity index (χ0) is 34.4. The lowest BCUT2D eigenvalue weighted by molar-refractivity contribution is 0.284. The number of nitrogens with zero attached hydrogens (tertiary/aromatic N) is 4. The Bertz CT molecular complexity index is 2130. The molecule has 0 aliphatic heterocycles. The van der Waals surface area contributed by atoms with Crippen molar-refractivity contribution in [2.45, 2.75) is 30.6 Å². The number of aromatic hydroxyl groups is 1. The van der Waals surface area contributed by atoms with Gasteiger partial charge in [-0.1, -0.05) is 23.8 Å². The summed E-state index contributed by atoms with van der Waals surface area (Å²) in [4.78, 5) is -0.850. The predicted octanol–water partition coefficient (Wildman–Crippen LogP) is 5.71. The zero-order valence-electron chi connectivity index (χ0n) is 25.0. The van der Waals surface area contributed by atoms with Crippen molar-refractivity contribution in [3.05, 3.63) is 77.4 Å². The molecule has 0 fully saturated rings. The number of rotatable bonds is 9. The molecule has 4 aromatic carbocycles. The highest BCUT2D eigenvalue weighted by molar-refractivity contribution is 7.91. The van der Waals surface area contributed by atoms with Crippen LogP contribution in [0.1, 0.15) is 16.7 Å². The van der Waals surface area contributed by atoms with E-state index in [1.165, 1.54) is 17.7 Å². The lowest BCUT2D eigenvalue weighted by atomic mass is 9.99. The van der Waals surface area contributed by atoms with Gasteiger partial charge in [0.25, 0.3) is 10.1 Å². The average Bonchev–Trinajstić information content (AvgIpc) is 2.96. The van der Waals surface area contributed by atoms with Crippen LogP contribution in [0.3, 0.4) is 0 Å². The second kappa shape index (κ2) is 14.4. The number of fused-ring (bicyclic) bond motifs is 1. The topological polar surface area (TPSA) is 248 Å². The van der Waals surface area contributed by atoms with Gasteiger partial charge >= 0.3 is 10.4 Å². The van der Waals surface area contributed by atoms with Gasteiger partial charge in [-0.3, -0.25) is 9.11 Å². The smallest absolute Gasteiger partial charge is 0.397 e. The molecule has 4 aromatic rings. The van der Waals surface area contributed by atoms with Gasteiger partial charge in [0.1, 0.15) is 16.3 Å². The molecule has 5 N–H and O–H groups in total. The molecule has 0 saturated heterocycles. The van der Waals surface area contributed by atoms with E-state index in [1.807, 2.05) is 31.2 Å². The molecule has 18 heteroatoms. The van der Waals surface area contributed by atoms with Gasteiger partial charge in [0.05, 0.1) is 34.3 Å². The van der Waals surface area contributed by atoms with Gasteiger partial charge in [0.2, 0.25) is 0 Å². The molecule has 15 nitrogen and oxygen atoms in total. The number of azo groups is 2. The molecule has 0 radical (unpaired) electrons. The van der Waals surface area contributed by atoms with Crippen LogP contribution in [0.15, 0.2) is 90.9 Å². The van der Waals surface area contributed by atoms with E-state index in [0.717, 1.165) is 23.9 Å². The number of phenolic OH excluding ortho intramolecular Hbond substituents is 1. The van der Waals surface area contributed by atoms with Gasteiger partial charge in [-0.05, 0) is 79.7 Å². The molecule has 0 aliphatic rings. The van der Waals surface area contributed by atoms with Gasteiger partial charge in [-0.2, -0.15) is 32.2 Å². The molecule has 0 saturated carbocycles. The fourth-order valence-corrected chi connectivity index (χ4v) is 6.16. The van der Waals surface area contributed by atoms with E-state index in [9.17, 15) is 34.9 Å². The molecule has 0 heterocycles. The maximum absolute atomic E-state index is 12.3. The SMILES string of the molecule is CN=Nc1ccc(C)cc1.Cc1cc2cc(S(=O)(=O)O)c(N=Nc3ccc(S(=O)(=O)CCOS(=O)(=O)O)cc3)c(N)c2c(O)c1C. The van der Waals surface area contributed by atoms with Crippen molar-refractivity contribution in [3.63, 3.8) is 0 Å². The minimum Gasteiger partial charge on any atom is -0.507 e. The van der Waals surface area contributed by atoms with E-state index in [1.54, 1.807) is 27.0 Å². The van der Waals surface area contributed by atoms with Crippen LogP contribution in [0.5, 0.6) is 5.75 Å². The highest BCUT2D eigenvalue weighted by Gasteiger charge is 2.23. The monoisotopic (exact) mass is 693 g/mol. The van der Waals surface area contributed by atoms with E-state index < -0.39 is 53.3 Å². The lowest BCUT2D eigenvalue weighted by Gasteiger charge is -2.14. The Morgan fingerprint density at radius 2 is 1.37 bits per heavy atom. The van der Waals surface area contributed by atoms with Gasteiger partial charge in [-0.15, -0.1) is 5.11 Å². The summed E-state index contributed by atoms with van der Waals surface area (Å²) in [6.07, 6.45) is 0. The number of nitrogen functional groups attached to an aromatic ring is 1. The second-order valence-electron chi connectivity index (χ2n) is 9.78. The normalized spacial score (nSPS) is 12.5. The average molecular weight is 694 g/mol.